The molecule has 0 spiro atoms. The van der Waals surface area contributed by atoms with E-state index in [0.717, 1.165) is 13.8 Å². The number of nitro groups is 1. The largest absolute Gasteiger partial charge is 0.456 e. The van der Waals surface area contributed by atoms with Crippen LogP contribution in [0.2, 0.25) is 0 Å². The number of non-ortho nitro benzene ring substituents is 1. The number of benzene rings is 1. The molecular weight excluding hydrogens is 404 g/mol. The summed E-state index contributed by atoms with van der Waals surface area (Å²) in [5.41, 5.74) is -0.0365. The Balaban J connectivity index is 2.07. The van der Waals surface area contributed by atoms with Gasteiger partial charge in [0.15, 0.2) is 30.1 Å². The Hall–Kier alpha value is -3.61. The Kier molecular flexibility index (Phi) is 5.91. The van der Waals surface area contributed by atoms with E-state index in [9.17, 15) is 24.5 Å². The molecule has 0 aliphatic carbocycles. The molecule has 0 N–H and O–H groups in total. The minimum absolute atomic E-state index is 0.00109. The van der Waals surface area contributed by atoms with Gasteiger partial charge in [-0.1, -0.05) is 11.3 Å². The molecule has 0 radical (unpaired) electrons. The maximum absolute atomic E-state index is 11.7. The van der Waals surface area contributed by atoms with E-state index in [1.807, 2.05) is 0 Å². The molecule has 160 valence electrons. The van der Waals surface area contributed by atoms with Crippen LogP contribution in [0.1, 0.15) is 27.0 Å². The van der Waals surface area contributed by atoms with Crippen molar-refractivity contribution in [3.05, 3.63) is 28.3 Å². The maximum Gasteiger partial charge on any atom is 0.303 e. The van der Waals surface area contributed by atoms with Crippen molar-refractivity contribution in [2.45, 2.75) is 45.3 Å². The first kappa shape index (κ1) is 21.1. The van der Waals surface area contributed by atoms with Crippen molar-refractivity contribution >= 4 is 34.6 Å². The molecule has 0 bridgehead atoms. The van der Waals surface area contributed by atoms with Gasteiger partial charge in [-0.25, -0.2) is 4.68 Å². The van der Waals surface area contributed by atoms with Crippen LogP contribution in [0.4, 0.5) is 5.69 Å². The number of hydrogen-bond acceptors (Lipinski definition) is 11. The van der Waals surface area contributed by atoms with Crippen LogP contribution in [-0.2, 0) is 33.3 Å². The Bertz CT molecular complexity index is 1000. The van der Waals surface area contributed by atoms with Gasteiger partial charge in [-0.2, -0.15) is 0 Å². The summed E-state index contributed by atoms with van der Waals surface area (Å²) in [6.07, 6.45) is -4.67. The highest BCUT2D eigenvalue weighted by Gasteiger charge is 2.48. The lowest BCUT2D eigenvalue weighted by Crippen LogP contribution is -2.55. The summed E-state index contributed by atoms with van der Waals surface area (Å²) in [5, 5.41) is 19.0. The zero-order valence-corrected chi connectivity index (χ0v) is 16.2. The standard InChI is InChI=1S/C17H18N4O9/c1-8(22)28-13-7-27-17(16(30-10(3)24)15(13)29-9(2)23)20-11-5-4-6-12(21(25)26)14(11)18-19-20/h4-6,13,15-17H,7H2,1-3H3/t13-,15+,16+,17-/m0/s1. The molecule has 1 aliphatic heterocycles. The van der Waals surface area contributed by atoms with Gasteiger partial charge in [-0.15, -0.1) is 5.10 Å². The summed E-state index contributed by atoms with van der Waals surface area (Å²) in [4.78, 5) is 45.5. The number of carbonyl (C=O) groups is 3. The normalized spacial score (nSPS) is 23.6. The van der Waals surface area contributed by atoms with Gasteiger partial charge in [-0.05, 0) is 6.07 Å². The van der Waals surface area contributed by atoms with Gasteiger partial charge in [0.2, 0.25) is 0 Å². The van der Waals surface area contributed by atoms with E-state index in [1.165, 1.54) is 29.8 Å². The second-order valence-corrected chi connectivity index (χ2v) is 6.46. The van der Waals surface area contributed by atoms with Crippen LogP contribution in [-0.4, -0.2) is 62.7 Å². The Morgan fingerprint density at radius 3 is 2.33 bits per heavy atom. The van der Waals surface area contributed by atoms with Gasteiger partial charge in [0, 0.05) is 26.8 Å². The van der Waals surface area contributed by atoms with Gasteiger partial charge in [0.25, 0.3) is 5.69 Å². The first-order valence-electron chi connectivity index (χ1n) is 8.80. The zero-order chi connectivity index (χ0) is 22.0. The summed E-state index contributed by atoms with van der Waals surface area (Å²) < 4.78 is 22.7. The summed E-state index contributed by atoms with van der Waals surface area (Å²) in [5.74, 6) is -2.07. The smallest absolute Gasteiger partial charge is 0.303 e. The van der Waals surface area contributed by atoms with Crippen molar-refractivity contribution in [3.8, 4) is 0 Å². The highest BCUT2D eigenvalue weighted by atomic mass is 16.6. The van der Waals surface area contributed by atoms with E-state index < -0.39 is 47.4 Å². The molecule has 1 saturated heterocycles. The fourth-order valence-corrected chi connectivity index (χ4v) is 3.22. The van der Waals surface area contributed by atoms with Gasteiger partial charge >= 0.3 is 17.9 Å². The molecule has 1 fully saturated rings. The van der Waals surface area contributed by atoms with Crippen LogP contribution >= 0.6 is 0 Å². The third-order valence-corrected chi connectivity index (χ3v) is 4.24. The molecule has 0 saturated carbocycles. The Morgan fingerprint density at radius 1 is 1.10 bits per heavy atom. The molecule has 13 nitrogen and oxygen atoms in total. The molecule has 30 heavy (non-hydrogen) atoms. The molecule has 1 aromatic heterocycles. The molecule has 0 amide bonds. The van der Waals surface area contributed by atoms with Crippen LogP contribution < -0.4 is 0 Å². The molecule has 3 rings (SSSR count). The first-order chi connectivity index (χ1) is 14.2. The summed E-state index contributed by atoms with van der Waals surface area (Å²) in [6.45, 7) is 3.24. The van der Waals surface area contributed by atoms with E-state index in [1.54, 1.807) is 0 Å². The first-order valence-corrected chi connectivity index (χ1v) is 8.80. The molecule has 13 heteroatoms. The molecular formula is C17H18N4O9. The van der Waals surface area contributed by atoms with Gasteiger partial charge < -0.3 is 18.9 Å². The number of aromatic nitrogens is 3. The second-order valence-electron chi connectivity index (χ2n) is 6.46. The van der Waals surface area contributed by atoms with E-state index in [4.69, 9.17) is 18.9 Å². The van der Waals surface area contributed by atoms with Crippen molar-refractivity contribution in [3.63, 3.8) is 0 Å². The van der Waals surface area contributed by atoms with Crippen molar-refractivity contribution in [2.24, 2.45) is 0 Å². The number of nitro benzene ring substituents is 1. The topological polar surface area (TPSA) is 162 Å². The summed E-state index contributed by atoms with van der Waals surface area (Å²) >= 11 is 0. The van der Waals surface area contributed by atoms with Crippen molar-refractivity contribution in [2.75, 3.05) is 6.61 Å². The summed E-state index contributed by atoms with van der Waals surface area (Å²) in [7, 11) is 0. The number of rotatable bonds is 5. The Labute approximate surface area is 169 Å². The van der Waals surface area contributed by atoms with Crippen molar-refractivity contribution < 1.29 is 38.3 Å². The van der Waals surface area contributed by atoms with Crippen LogP contribution in [0.5, 0.6) is 0 Å². The van der Waals surface area contributed by atoms with Gasteiger partial charge in [-0.3, -0.25) is 24.5 Å². The number of fused-ring (bicyclic) bond motifs is 1. The molecule has 1 aliphatic rings. The monoisotopic (exact) mass is 422 g/mol. The van der Waals surface area contributed by atoms with Crippen LogP contribution in [0, 0.1) is 10.1 Å². The van der Waals surface area contributed by atoms with E-state index in [-0.39, 0.29) is 23.3 Å². The predicted octanol–water partition coefficient (Wildman–Crippen LogP) is 0.663. The average Bonchev–Trinajstić information content (AvgIpc) is 3.07. The molecule has 0 unspecified atom stereocenters. The highest BCUT2D eigenvalue weighted by Crippen LogP contribution is 2.33. The summed E-state index contributed by atoms with van der Waals surface area (Å²) in [6, 6.07) is 4.23. The fourth-order valence-electron chi connectivity index (χ4n) is 3.22. The highest BCUT2D eigenvalue weighted by molar-refractivity contribution is 5.84. The number of ether oxygens (including phenoxy) is 4. The van der Waals surface area contributed by atoms with Gasteiger partial charge in [0.1, 0.15) is 0 Å². The van der Waals surface area contributed by atoms with E-state index in [0.29, 0.717) is 0 Å². The lowest BCUT2D eigenvalue weighted by Gasteiger charge is -2.40. The maximum atomic E-state index is 11.7. The third kappa shape index (κ3) is 4.20. The number of carbonyl (C=O) groups excluding carboxylic acids is 3. The zero-order valence-electron chi connectivity index (χ0n) is 16.2. The number of esters is 3. The lowest BCUT2D eigenvalue weighted by molar-refractivity contribution is -0.383. The fraction of sp³-hybridized carbons (Fsp3) is 0.471. The second kappa shape index (κ2) is 8.41. The van der Waals surface area contributed by atoms with E-state index in [2.05, 4.69) is 10.3 Å². The molecule has 4 atom stereocenters. The Morgan fingerprint density at radius 2 is 1.73 bits per heavy atom. The molecule has 1 aromatic carbocycles. The predicted molar refractivity (Wildman–Crippen MR) is 95.8 cm³/mol. The van der Waals surface area contributed by atoms with E-state index >= 15 is 0 Å². The number of nitrogens with zero attached hydrogens (tertiary/aromatic N) is 4. The average molecular weight is 422 g/mol. The molecule has 2 aromatic rings. The SMILES string of the molecule is CC(=O)O[C@@H]1[C@H](OC(C)=O)[C@@H](OC(C)=O)CO[C@@H]1n1nnc2c([N+](=O)[O-])cccc21. The van der Waals surface area contributed by atoms with Crippen molar-refractivity contribution in [1.82, 2.24) is 15.0 Å². The molecule has 2 heterocycles. The minimum Gasteiger partial charge on any atom is -0.456 e. The number of hydrogen-bond donors (Lipinski definition) is 0. The lowest BCUT2D eigenvalue weighted by atomic mass is 10.0. The minimum atomic E-state index is -1.27. The van der Waals surface area contributed by atoms with Crippen LogP contribution in [0.3, 0.4) is 0 Å². The van der Waals surface area contributed by atoms with Crippen LogP contribution in [0.15, 0.2) is 18.2 Å². The quantitative estimate of drug-likeness (QED) is 0.288. The third-order valence-electron chi connectivity index (χ3n) is 4.24. The van der Waals surface area contributed by atoms with Gasteiger partial charge in [0.05, 0.1) is 17.0 Å². The van der Waals surface area contributed by atoms with Crippen molar-refractivity contribution in [1.29, 1.82) is 0 Å². The van der Waals surface area contributed by atoms with Crippen LogP contribution in [0.25, 0.3) is 11.0 Å².